The number of aliphatic hydroxyl groups is 2. The maximum absolute atomic E-state index is 13.6. The van der Waals surface area contributed by atoms with E-state index in [0.29, 0.717) is 67.5 Å². The summed E-state index contributed by atoms with van der Waals surface area (Å²) in [5.41, 5.74) is 3.34. The second-order valence-electron chi connectivity index (χ2n) is 12.3. The van der Waals surface area contributed by atoms with E-state index in [0.717, 1.165) is 36.5 Å². The molecule has 0 saturated heterocycles. The molecule has 0 spiro atoms. The molecule has 0 fully saturated rings. The number of aromatic nitrogens is 1. The van der Waals surface area contributed by atoms with E-state index in [1.807, 2.05) is 36.9 Å². The predicted molar refractivity (Wildman–Crippen MR) is 201 cm³/mol. The van der Waals surface area contributed by atoms with E-state index in [2.05, 4.69) is 20.5 Å². The predicted octanol–water partition coefficient (Wildman–Crippen LogP) is 5.62. The normalized spacial score (nSPS) is 11.5. The van der Waals surface area contributed by atoms with Crippen LogP contribution in [0.1, 0.15) is 51.3 Å². The highest BCUT2D eigenvalue weighted by Crippen LogP contribution is 2.33. The molecule has 14 heteroatoms. The zero-order chi connectivity index (χ0) is 38.9. The molecule has 0 bridgehead atoms. The number of hydrogen-bond acceptors (Lipinski definition) is 9. The highest BCUT2D eigenvalue weighted by molar-refractivity contribution is 6.06. The number of aliphatic hydroxyl groups excluding tert-OH is 2. The smallest absolute Gasteiger partial charge is 0.395 e. The van der Waals surface area contributed by atoms with Crippen molar-refractivity contribution in [2.75, 3.05) is 76.0 Å². The fourth-order valence-corrected chi connectivity index (χ4v) is 5.72. The molecule has 0 atom stereocenters. The third kappa shape index (κ3) is 12.6. The SMILES string of the molecule is CCN(CC)c1ccc(NC(=O)c2cccc(COCCOCCN(CCO)CCO)c2)c(-c2cc(C(=O)NCc3cccc(C(F)(F)F)c3)ccn2)c1. The van der Waals surface area contributed by atoms with Gasteiger partial charge in [0.1, 0.15) is 0 Å². The van der Waals surface area contributed by atoms with Crippen LogP contribution in [-0.4, -0.2) is 97.7 Å². The molecule has 0 unspecified atom stereocenters. The summed E-state index contributed by atoms with van der Waals surface area (Å²) in [7, 11) is 0. The van der Waals surface area contributed by atoms with Crippen molar-refractivity contribution in [1.82, 2.24) is 15.2 Å². The van der Waals surface area contributed by atoms with Crippen LogP contribution < -0.4 is 15.5 Å². The van der Waals surface area contributed by atoms with Gasteiger partial charge in [-0.05, 0) is 79.6 Å². The summed E-state index contributed by atoms with van der Waals surface area (Å²) in [5.74, 6) is -0.850. The largest absolute Gasteiger partial charge is 0.416 e. The maximum Gasteiger partial charge on any atom is 0.416 e. The Labute approximate surface area is 313 Å². The summed E-state index contributed by atoms with van der Waals surface area (Å²) in [5, 5.41) is 23.9. The van der Waals surface area contributed by atoms with Crippen molar-refractivity contribution in [2.45, 2.75) is 33.2 Å². The Morgan fingerprint density at radius 3 is 2.20 bits per heavy atom. The molecule has 4 N–H and O–H groups in total. The van der Waals surface area contributed by atoms with Gasteiger partial charge in [0, 0.05) is 67.8 Å². The minimum atomic E-state index is -4.49. The van der Waals surface area contributed by atoms with Gasteiger partial charge in [0.2, 0.25) is 0 Å². The van der Waals surface area contributed by atoms with E-state index in [1.165, 1.54) is 24.4 Å². The van der Waals surface area contributed by atoms with E-state index in [1.54, 1.807) is 30.3 Å². The van der Waals surface area contributed by atoms with Crippen LogP contribution in [0.4, 0.5) is 24.5 Å². The molecule has 290 valence electrons. The number of carbonyl (C=O) groups is 2. The summed E-state index contributed by atoms with van der Waals surface area (Å²) < 4.78 is 50.9. The number of carbonyl (C=O) groups excluding carboxylic acids is 2. The Morgan fingerprint density at radius 2 is 1.48 bits per heavy atom. The molecule has 0 aliphatic carbocycles. The summed E-state index contributed by atoms with van der Waals surface area (Å²) in [6.07, 6.45) is -3.02. The Hall–Kier alpha value is -4.86. The fraction of sp³-hybridized carbons (Fsp3) is 0.375. The molecule has 0 saturated carbocycles. The van der Waals surface area contributed by atoms with Crippen molar-refractivity contribution in [3.63, 3.8) is 0 Å². The average Bonchev–Trinajstić information content (AvgIpc) is 3.17. The number of ether oxygens (including phenoxy) is 2. The summed E-state index contributed by atoms with van der Waals surface area (Å²) in [6.45, 7) is 8.38. The maximum atomic E-state index is 13.6. The molecule has 4 aromatic rings. The lowest BCUT2D eigenvalue weighted by Gasteiger charge is -2.23. The zero-order valence-corrected chi connectivity index (χ0v) is 30.6. The van der Waals surface area contributed by atoms with Crippen LogP contribution in [0.3, 0.4) is 0 Å². The molecule has 3 aromatic carbocycles. The van der Waals surface area contributed by atoms with Crippen LogP contribution in [-0.2, 0) is 28.8 Å². The van der Waals surface area contributed by atoms with Crippen LogP contribution >= 0.6 is 0 Å². The lowest BCUT2D eigenvalue weighted by atomic mass is 10.0. The Kier molecular flexibility index (Phi) is 16.4. The van der Waals surface area contributed by atoms with Crippen LogP contribution in [0.5, 0.6) is 0 Å². The van der Waals surface area contributed by atoms with E-state index in [-0.39, 0.29) is 37.8 Å². The molecular weight excluding hydrogens is 703 g/mol. The minimum absolute atomic E-state index is 0.00906. The topological polar surface area (TPSA) is 136 Å². The minimum Gasteiger partial charge on any atom is -0.395 e. The third-order valence-electron chi connectivity index (χ3n) is 8.60. The van der Waals surface area contributed by atoms with Crippen LogP contribution in [0.2, 0.25) is 0 Å². The fourth-order valence-electron chi connectivity index (χ4n) is 5.72. The standard InChI is InChI=1S/C40H48F3N5O6/c1-3-48(4-2)34-11-12-36(46-39(52)31-9-5-8-30(23-31)28-54-22-21-53-20-17-47(15-18-49)16-19-50)35(26-34)37-25-32(13-14-44-37)38(51)45-27-29-7-6-10-33(24-29)40(41,42)43/h5-14,23-26,49-50H,3-4,15-22,27-28H2,1-2H3,(H,45,51)(H,46,52). The molecule has 11 nitrogen and oxygen atoms in total. The number of benzene rings is 3. The van der Waals surface area contributed by atoms with Gasteiger partial charge in [0.25, 0.3) is 11.8 Å². The lowest BCUT2D eigenvalue weighted by molar-refractivity contribution is -0.137. The second kappa shape index (κ2) is 21.1. The molecule has 54 heavy (non-hydrogen) atoms. The first kappa shape index (κ1) is 41.9. The van der Waals surface area contributed by atoms with Crippen LogP contribution in [0.25, 0.3) is 11.3 Å². The number of nitrogens with zero attached hydrogens (tertiary/aromatic N) is 3. The summed E-state index contributed by atoms with van der Waals surface area (Å²) in [4.78, 5) is 35.3. The molecule has 0 aliphatic heterocycles. The number of rotatable bonds is 21. The van der Waals surface area contributed by atoms with Crippen molar-refractivity contribution in [2.24, 2.45) is 0 Å². The van der Waals surface area contributed by atoms with E-state index < -0.39 is 17.6 Å². The van der Waals surface area contributed by atoms with Gasteiger partial charge < -0.3 is 35.2 Å². The van der Waals surface area contributed by atoms with E-state index in [4.69, 9.17) is 19.7 Å². The van der Waals surface area contributed by atoms with Crippen molar-refractivity contribution >= 4 is 23.2 Å². The molecule has 0 radical (unpaired) electrons. The summed E-state index contributed by atoms with van der Waals surface area (Å²) in [6, 6.07) is 20.6. The third-order valence-corrected chi connectivity index (χ3v) is 8.60. The molecule has 1 aromatic heterocycles. The van der Waals surface area contributed by atoms with Gasteiger partial charge in [-0.25, -0.2) is 0 Å². The van der Waals surface area contributed by atoms with Gasteiger partial charge in [-0.1, -0.05) is 24.3 Å². The van der Waals surface area contributed by atoms with E-state index in [9.17, 15) is 22.8 Å². The van der Waals surface area contributed by atoms with Gasteiger partial charge in [0.05, 0.1) is 56.6 Å². The first-order chi connectivity index (χ1) is 26.1. The number of pyridine rings is 1. The Bertz CT molecular complexity index is 1800. The number of amides is 2. The first-order valence-electron chi connectivity index (χ1n) is 17.9. The van der Waals surface area contributed by atoms with Crippen LogP contribution in [0.15, 0.2) is 85.1 Å². The molecular formula is C40H48F3N5O6. The first-order valence-corrected chi connectivity index (χ1v) is 17.9. The van der Waals surface area contributed by atoms with Crippen molar-refractivity contribution in [1.29, 1.82) is 0 Å². The zero-order valence-electron chi connectivity index (χ0n) is 30.6. The van der Waals surface area contributed by atoms with Crippen LogP contribution in [0, 0.1) is 0 Å². The molecule has 0 aliphatic rings. The number of alkyl halides is 3. The number of anilines is 2. The number of hydrogen-bond donors (Lipinski definition) is 4. The van der Waals surface area contributed by atoms with Gasteiger partial charge in [-0.2, -0.15) is 13.2 Å². The average molecular weight is 752 g/mol. The van der Waals surface area contributed by atoms with Gasteiger partial charge in [0.15, 0.2) is 0 Å². The van der Waals surface area contributed by atoms with Crippen molar-refractivity contribution in [3.05, 3.63) is 113 Å². The quantitative estimate of drug-likeness (QED) is 0.0801. The molecule has 2 amide bonds. The number of halogens is 3. The lowest BCUT2D eigenvalue weighted by Crippen LogP contribution is -2.33. The van der Waals surface area contributed by atoms with E-state index >= 15 is 0 Å². The van der Waals surface area contributed by atoms with Gasteiger partial charge in [-0.3, -0.25) is 19.5 Å². The van der Waals surface area contributed by atoms with Crippen molar-refractivity contribution < 1.29 is 42.4 Å². The number of nitrogens with one attached hydrogen (secondary N) is 2. The van der Waals surface area contributed by atoms with Gasteiger partial charge in [-0.15, -0.1) is 0 Å². The van der Waals surface area contributed by atoms with Crippen molar-refractivity contribution in [3.8, 4) is 11.3 Å². The monoisotopic (exact) mass is 751 g/mol. The second-order valence-corrected chi connectivity index (χ2v) is 12.3. The highest BCUT2D eigenvalue weighted by Gasteiger charge is 2.30. The molecule has 1 heterocycles. The Balaban J connectivity index is 1.44. The summed E-state index contributed by atoms with van der Waals surface area (Å²) >= 11 is 0. The van der Waals surface area contributed by atoms with Gasteiger partial charge >= 0.3 is 6.18 Å². The molecule has 4 rings (SSSR count). The highest BCUT2D eigenvalue weighted by atomic mass is 19.4. The Morgan fingerprint density at radius 1 is 0.778 bits per heavy atom.